The van der Waals surface area contributed by atoms with Crippen molar-refractivity contribution in [2.75, 3.05) is 5.75 Å². The van der Waals surface area contributed by atoms with E-state index in [1.54, 1.807) is 0 Å². The molecule has 10 nitrogen and oxygen atoms in total. The highest BCUT2D eigenvalue weighted by molar-refractivity contribution is 8.07. The van der Waals surface area contributed by atoms with E-state index in [4.69, 9.17) is 0 Å². The molecule has 1 saturated heterocycles. The Hall–Kier alpha value is -3.99. The summed E-state index contributed by atoms with van der Waals surface area (Å²) in [4.78, 5) is 55.1. The summed E-state index contributed by atoms with van der Waals surface area (Å²) >= 11 is 1.81. The number of carboxylic acids is 2. The van der Waals surface area contributed by atoms with E-state index in [1.165, 1.54) is 0 Å². The van der Waals surface area contributed by atoms with E-state index in [0.717, 1.165) is 72.4 Å². The van der Waals surface area contributed by atoms with Crippen molar-refractivity contribution < 1.29 is 29.4 Å². The first-order valence-corrected chi connectivity index (χ1v) is 16.1. The third-order valence-electron chi connectivity index (χ3n) is 9.18. The molecule has 2 aromatic heterocycles. The van der Waals surface area contributed by atoms with Crippen LogP contribution in [0.4, 0.5) is 0 Å². The van der Waals surface area contributed by atoms with Gasteiger partial charge < -0.3 is 30.8 Å². The molecule has 2 aromatic rings. The first kappa shape index (κ1) is 31.4. The number of H-pyrrole nitrogens is 2. The molecule has 11 heteroatoms. The minimum Gasteiger partial charge on any atom is -0.481 e. The van der Waals surface area contributed by atoms with Gasteiger partial charge in [0.15, 0.2) is 0 Å². The van der Waals surface area contributed by atoms with Crippen LogP contribution in [0.15, 0.2) is 22.3 Å². The van der Waals surface area contributed by atoms with Crippen LogP contribution in [-0.4, -0.2) is 67.0 Å². The number of carbonyl (C=O) groups excluding carboxylic acids is 2. The van der Waals surface area contributed by atoms with Gasteiger partial charge in [-0.25, -0.2) is 0 Å². The average Bonchev–Trinajstić information content (AvgIpc) is 3.53. The summed E-state index contributed by atoms with van der Waals surface area (Å²) in [7, 11) is 0. The summed E-state index contributed by atoms with van der Waals surface area (Å²) in [5.41, 5.74) is 8.96. The Balaban J connectivity index is 1.60. The summed E-state index contributed by atoms with van der Waals surface area (Å²) in [6, 6.07) is -0.386. The first-order chi connectivity index (χ1) is 20.9. The van der Waals surface area contributed by atoms with Crippen LogP contribution in [0.3, 0.4) is 0 Å². The molecule has 5 rings (SSSR count). The minimum absolute atomic E-state index is 0.0400. The molecule has 0 aliphatic carbocycles. The molecular weight excluding hydrogens is 580 g/mol. The van der Waals surface area contributed by atoms with Gasteiger partial charge in [-0.15, -0.1) is 0 Å². The van der Waals surface area contributed by atoms with E-state index in [1.807, 2.05) is 58.5 Å². The molecule has 0 saturated carbocycles. The van der Waals surface area contributed by atoms with Crippen LogP contribution in [0.25, 0.3) is 12.2 Å². The van der Waals surface area contributed by atoms with Crippen molar-refractivity contribution in [1.82, 2.24) is 20.6 Å². The number of thioether (sulfide) groups is 1. The van der Waals surface area contributed by atoms with Crippen LogP contribution in [0.1, 0.15) is 73.7 Å². The molecule has 234 valence electrons. The fraction of sp³-hybridized carbons (Fsp3) is 0.455. The SMILES string of the molecule is CCC1=C(C)[C@@H](Cc2[nH]c(/C=c3\[nH]/c(=C/[C@@H]4NC(=O)C(C)=C4[C@@H]4CS4)c(C)c3CCC(=O)O)c(CCC(=O)O)c2C)NC1=O. The molecule has 5 heterocycles. The van der Waals surface area contributed by atoms with E-state index in [0.29, 0.717) is 30.9 Å². The lowest BCUT2D eigenvalue weighted by Crippen LogP contribution is -2.30. The van der Waals surface area contributed by atoms with Crippen molar-refractivity contribution in [3.8, 4) is 0 Å². The highest BCUT2D eigenvalue weighted by Gasteiger charge is 2.38. The lowest BCUT2D eigenvalue weighted by atomic mass is 9.98. The molecule has 44 heavy (non-hydrogen) atoms. The molecular formula is C33H40N4O6S. The maximum atomic E-state index is 12.5. The second-order valence-corrected chi connectivity index (χ2v) is 13.1. The number of carboxylic acid groups (broad SMARTS) is 2. The lowest BCUT2D eigenvalue weighted by molar-refractivity contribution is -0.138. The van der Waals surface area contributed by atoms with Crippen LogP contribution in [0.2, 0.25) is 0 Å². The van der Waals surface area contributed by atoms with Gasteiger partial charge in [0.05, 0.1) is 12.1 Å². The van der Waals surface area contributed by atoms with E-state index >= 15 is 0 Å². The smallest absolute Gasteiger partial charge is 0.303 e. The molecule has 0 unspecified atom stereocenters. The highest BCUT2D eigenvalue weighted by atomic mass is 32.2. The first-order valence-electron chi connectivity index (χ1n) is 15.1. The Morgan fingerprint density at radius 1 is 0.909 bits per heavy atom. The number of hydrogen-bond donors (Lipinski definition) is 6. The number of aliphatic carboxylic acids is 2. The van der Waals surface area contributed by atoms with Gasteiger partial charge in [0, 0.05) is 63.5 Å². The second kappa shape index (κ2) is 12.6. The van der Waals surface area contributed by atoms with Crippen molar-refractivity contribution in [3.63, 3.8) is 0 Å². The largest absolute Gasteiger partial charge is 0.481 e. The molecule has 3 aliphatic rings. The predicted octanol–water partition coefficient (Wildman–Crippen LogP) is 2.30. The number of aromatic amines is 2. The third-order valence-corrected chi connectivity index (χ3v) is 10.1. The van der Waals surface area contributed by atoms with Gasteiger partial charge in [-0.1, -0.05) is 6.92 Å². The Bertz CT molecular complexity index is 1740. The van der Waals surface area contributed by atoms with Crippen LogP contribution < -0.4 is 21.3 Å². The zero-order valence-electron chi connectivity index (χ0n) is 25.8. The summed E-state index contributed by atoms with van der Waals surface area (Å²) in [6.45, 7) is 9.72. The van der Waals surface area contributed by atoms with E-state index in [-0.39, 0.29) is 36.7 Å². The third kappa shape index (κ3) is 6.29. The molecule has 3 atom stereocenters. The maximum absolute atomic E-state index is 12.5. The standard InChI is InChI=1S/C33H40N4O6S/c1-6-19-15(2)24(36-33(19)43)11-22-16(3)20(7-9-29(38)39)25(34-22)13-26-21(8-10-30(40)41)17(4)23(35-26)12-27-31(28-14-44-28)18(5)32(42)37-27/h12-13,24,27-28,34-35H,6-11,14H2,1-5H3,(H,36,43)(H,37,42)(H,38,39)(H,40,41)/b23-12+,26-13-/t24-,27+,28+/m1/s1. The van der Waals surface area contributed by atoms with Crippen molar-refractivity contribution in [2.45, 2.75) is 90.5 Å². The van der Waals surface area contributed by atoms with Crippen molar-refractivity contribution >= 4 is 47.7 Å². The number of carbonyl (C=O) groups is 4. The summed E-state index contributed by atoms with van der Waals surface area (Å²) < 4.78 is 0. The average molecular weight is 621 g/mol. The number of amides is 2. The normalized spacial score (nSPS) is 22.3. The van der Waals surface area contributed by atoms with Gasteiger partial charge in [-0.2, -0.15) is 11.8 Å². The number of aromatic nitrogens is 2. The molecule has 0 bridgehead atoms. The summed E-state index contributed by atoms with van der Waals surface area (Å²) in [5, 5.41) is 27.0. The Kier molecular flexibility index (Phi) is 8.97. The Labute approximate surface area is 260 Å². The molecule has 3 aliphatic heterocycles. The maximum Gasteiger partial charge on any atom is 0.303 e. The molecule has 0 radical (unpaired) electrons. The topological polar surface area (TPSA) is 164 Å². The van der Waals surface area contributed by atoms with Gasteiger partial charge in [0.2, 0.25) is 11.8 Å². The van der Waals surface area contributed by atoms with Gasteiger partial charge in [-0.05, 0) is 92.5 Å². The Morgan fingerprint density at radius 3 is 2.16 bits per heavy atom. The van der Waals surface area contributed by atoms with E-state index in [2.05, 4.69) is 20.6 Å². The lowest BCUT2D eigenvalue weighted by Gasteiger charge is -2.12. The second-order valence-electron chi connectivity index (χ2n) is 11.9. The molecule has 0 aromatic carbocycles. The van der Waals surface area contributed by atoms with Crippen LogP contribution in [-0.2, 0) is 38.4 Å². The van der Waals surface area contributed by atoms with Crippen LogP contribution in [0.5, 0.6) is 0 Å². The van der Waals surface area contributed by atoms with Crippen molar-refractivity contribution in [2.24, 2.45) is 0 Å². The molecule has 2 amide bonds. The minimum atomic E-state index is -0.898. The highest BCUT2D eigenvalue weighted by Crippen LogP contribution is 2.41. The summed E-state index contributed by atoms with van der Waals surface area (Å²) in [6.07, 6.45) is 5.70. The molecule has 1 fully saturated rings. The fourth-order valence-electron chi connectivity index (χ4n) is 6.51. The zero-order valence-corrected chi connectivity index (χ0v) is 26.6. The quantitative estimate of drug-likeness (QED) is 0.198. The number of rotatable bonds is 12. The van der Waals surface area contributed by atoms with E-state index < -0.39 is 11.9 Å². The Morgan fingerprint density at radius 2 is 1.57 bits per heavy atom. The fourth-order valence-corrected chi connectivity index (χ4v) is 7.29. The van der Waals surface area contributed by atoms with E-state index in [9.17, 15) is 29.4 Å². The van der Waals surface area contributed by atoms with Gasteiger partial charge in [-0.3, -0.25) is 19.2 Å². The van der Waals surface area contributed by atoms with Crippen LogP contribution >= 0.6 is 11.8 Å². The summed E-state index contributed by atoms with van der Waals surface area (Å²) in [5.74, 6) is -0.911. The van der Waals surface area contributed by atoms with Gasteiger partial charge in [0.1, 0.15) is 0 Å². The van der Waals surface area contributed by atoms with Gasteiger partial charge in [0.25, 0.3) is 0 Å². The number of nitrogens with one attached hydrogen (secondary N) is 4. The van der Waals surface area contributed by atoms with Gasteiger partial charge >= 0.3 is 11.9 Å². The molecule has 6 N–H and O–H groups in total. The van der Waals surface area contributed by atoms with Crippen LogP contribution in [0, 0.1) is 13.8 Å². The monoisotopic (exact) mass is 620 g/mol. The predicted molar refractivity (Wildman–Crippen MR) is 170 cm³/mol. The number of hydrogen-bond acceptors (Lipinski definition) is 5. The van der Waals surface area contributed by atoms with Crippen molar-refractivity contribution in [3.05, 3.63) is 66.6 Å². The molecule has 0 spiro atoms. The zero-order chi connectivity index (χ0) is 31.9. The van der Waals surface area contributed by atoms with Crippen molar-refractivity contribution in [1.29, 1.82) is 0 Å².